The van der Waals surface area contributed by atoms with Crippen LogP contribution in [0, 0.1) is 0 Å². The first-order chi connectivity index (χ1) is 5.72. The van der Waals surface area contributed by atoms with Crippen LogP contribution in [0.2, 0.25) is 0 Å². The normalized spacial score (nSPS) is 12.2. The largest absolute Gasteiger partial charge is 0.476 e. The van der Waals surface area contributed by atoms with Gasteiger partial charge in [0.15, 0.2) is 5.75 Å². The van der Waals surface area contributed by atoms with E-state index in [2.05, 4.69) is 5.90 Å². The fourth-order valence-corrected chi connectivity index (χ4v) is 0.829. The van der Waals surface area contributed by atoms with Gasteiger partial charge in [-0.15, -0.1) is 0 Å². The van der Waals surface area contributed by atoms with Crippen molar-refractivity contribution >= 4 is 0 Å². The molecule has 0 bridgehead atoms. The van der Waals surface area contributed by atoms with Gasteiger partial charge in [-0.25, -0.2) is 0 Å². The maximum Gasteiger partial charge on any atom is 0.190 e. The lowest BCUT2D eigenvalue weighted by Gasteiger charge is -2.08. The number of hydrogen-bond acceptors (Lipinski definition) is 3. The summed E-state index contributed by atoms with van der Waals surface area (Å²) in [6.45, 7) is 1.77. The lowest BCUT2D eigenvalue weighted by Crippen LogP contribution is -2.53. The van der Waals surface area contributed by atoms with Crippen molar-refractivity contribution in [3.8, 4) is 11.5 Å². The molecule has 12 heavy (non-hydrogen) atoms. The molecule has 0 aliphatic rings. The van der Waals surface area contributed by atoms with E-state index >= 15 is 0 Å². The van der Waals surface area contributed by atoms with E-state index in [0.717, 1.165) is 5.75 Å². The van der Waals surface area contributed by atoms with E-state index in [0.29, 0.717) is 5.75 Å². The summed E-state index contributed by atoms with van der Waals surface area (Å²) in [5.41, 5.74) is 5.43. The van der Waals surface area contributed by atoms with Gasteiger partial charge in [0.1, 0.15) is 12.0 Å². The Morgan fingerprint density at radius 2 is 1.75 bits per heavy atom. The summed E-state index contributed by atoms with van der Waals surface area (Å²) in [5, 5.41) is 0. The van der Waals surface area contributed by atoms with Crippen LogP contribution in [0.15, 0.2) is 24.3 Å². The summed E-state index contributed by atoms with van der Waals surface area (Å²) < 4.78 is 5.22. The van der Waals surface area contributed by atoms with Crippen molar-refractivity contribution in [1.29, 1.82) is 0 Å². The molecular weight excluding hydrogens is 156 g/mol. The second-order valence-electron chi connectivity index (χ2n) is 2.44. The van der Waals surface area contributed by atoms with E-state index in [1.54, 1.807) is 31.2 Å². The Kier molecular flexibility index (Phi) is 2.90. The summed E-state index contributed by atoms with van der Waals surface area (Å²) in [4.78, 5) is 4.74. The molecule has 0 fully saturated rings. The SMILES string of the molecule is CC(N)Oc1ccc(O[NH3+])cc1. The number of ether oxygens (including phenoxy) is 1. The Balaban J connectivity index is 2.65. The molecule has 1 aromatic carbocycles. The number of nitrogens with two attached hydrogens (primary N) is 1. The quantitative estimate of drug-likeness (QED) is 0.490. The van der Waals surface area contributed by atoms with Crippen LogP contribution >= 0.6 is 0 Å². The summed E-state index contributed by atoms with van der Waals surface area (Å²) in [5.74, 6) is 4.71. The molecule has 4 heteroatoms. The Bertz CT molecular complexity index is 233. The fourth-order valence-electron chi connectivity index (χ4n) is 0.829. The fraction of sp³-hybridized carbons (Fsp3) is 0.250. The van der Waals surface area contributed by atoms with Gasteiger partial charge in [0.2, 0.25) is 0 Å². The Hall–Kier alpha value is -1.26. The molecule has 1 atom stereocenters. The molecule has 0 aliphatic heterocycles. The summed E-state index contributed by atoms with van der Waals surface area (Å²) in [6.07, 6.45) is -0.295. The number of rotatable bonds is 3. The predicted molar refractivity (Wildman–Crippen MR) is 44.2 cm³/mol. The maximum atomic E-state index is 5.43. The molecule has 0 amide bonds. The van der Waals surface area contributed by atoms with Gasteiger partial charge in [-0.2, -0.15) is 5.90 Å². The third-order valence-corrected chi connectivity index (χ3v) is 1.31. The molecule has 66 valence electrons. The second-order valence-corrected chi connectivity index (χ2v) is 2.44. The second kappa shape index (κ2) is 3.94. The number of benzene rings is 1. The van der Waals surface area contributed by atoms with Crippen LogP contribution in [0.5, 0.6) is 11.5 Å². The van der Waals surface area contributed by atoms with E-state index in [4.69, 9.17) is 15.3 Å². The molecule has 4 nitrogen and oxygen atoms in total. The van der Waals surface area contributed by atoms with E-state index < -0.39 is 0 Å². The highest BCUT2D eigenvalue weighted by atomic mass is 16.6. The van der Waals surface area contributed by atoms with Gasteiger partial charge in [-0.05, 0) is 31.2 Å². The highest BCUT2D eigenvalue weighted by Gasteiger charge is 1.98. The van der Waals surface area contributed by atoms with Crippen molar-refractivity contribution in [2.75, 3.05) is 0 Å². The first-order valence-corrected chi connectivity index (χ1v) is 3.66. The number of quaternary nitrogens is 1. The zero-order valence-corrected chi connectivity index (χ0v) is 6.99. The van der Waals surface area contributed by atoms with E-state index in [1.165, 1.54) is 0 Å². The lowest BCUT2D eigenvalue weighted by atomic mass is 10.3. The summed E-state index contributed by atoms with van der Waals surface area (Å²) in [6, 6.07) is 7.10. The van der Waals surface area contributed by atoms with Crippen molar-refractivity contribution in [3.05, 3.63) is 24.3 Å². The van der Waals surface area contributed by atoms with Crippen LogP contribution in [0.25, 0.3) is 0 Å². The molecular formula is C8H13N2O2+. The standard InChI is InChI=1S/C8H13N2O2/c1-6(9)11-7-2-4-8(12-10)5-3-7/h2-6H,9H2,1,10H3/q+1. The Morgan fingerprint density at radius 1 is 1.25 bits per heavy atom. The third-order valence-electron chi connectivity index (χ3n) is 1.31. The highest BCUT2D eigenvalue weighted by molar-refractivity contribution is 5.30. The van der Waals surface area contributed by atoms with Crippen LogP contribution in [0.4, 0.5) is 0 Å². The first-order valence-electron chi connectivity index (χ1n) is 3.66. The van der Waals surface area contributed by atoms with E-state index in [-0.39, 0.29) is 6.23 Å². The van der Waals surface area contributed by atoms with Gasteiger partial charge < -0.3 is 9.57 Å². The average molecular weight is 169 g/mol. The smallest absolute Gasteiger partial charge is 0.190 e. The number of hydrogen-bond donors (Lipinski definition) is 2. The van der Waals surface area contributed by atoms with Crippen LogP contribution < -0.4 is 21.2 Å². The third kappa shape index (κ3) is 2.41. The Morgan fingerprint density at radius 3 is 2.17 bits per heavy atom. The van der Waals surface area contributed by atoms with Gasteiger partial charge in [0.25, 0.3) is 0 Å². The van der Waals surface area contributed by atoms with Gasteiger partial charge in [0.05, 0.1) is 0 Å². The average Bonchev–Trinajstić information content (AvgIpc) is 2.05. The van der Waals surface area contributed by atoms with Gasteiger partial charge in [-0.1, -0.05) is 0 Å². The minimum atomic E-state index is -0.295. The van der Waals surface area contributed by atoms with Crippen molar-refractivity contribution in [2.24, 2.45) is 5.73 Å². The zero-order valence-electron chi connectivity index (χ0n) is 6.99. The first kappa shape index (κ1) is 8.83. The minimum Gasteiger partial charge on any atom is -0.476 e. The zero-order chi connectivity index (χ0) is 8.97. The molecule has 0 radical (unpaired) electrons. The predicted octanol–water partition coefficient (Wildman–Crippen LogP) is -0.0942. The molecule has 1 rings (SSSR count). The van der Waals surface area contributed by atoms with Crippen LogP contribution in [-0.4, -0.2) is 6.23 Å². The van der Waals surface area contributed by atoms with Gasteiger partial charge >= 0.3 is 0 Å². The van der Waals surface area contributed by atoms with Crippen LogP contribution in [0.3, 0.4) is 0 Å². The molecule has 0 heterocycles. The Labute approximate surface area is 71.0 Å². The topological polar surface area (TPSA) is 72.1 Å². The molecule has 0 aliphatic carbocycles. The van der Waals surface area contributed by atoms with Crippen molar-refractivity contribution in [3.63, 3.8) is 0 Å². The molecule has 1 unspecified atom stereocenters. The molecule has 0 spiro atoms. The van der Waals surface area contributed by atoms with Crippen LogP contribution in [-0.2, 0) is 0 Å². The maximum absolute atomic E-state index is 5.43. The van der Waals surface area contributed by atoms with Crippen molar-refractivity contribution in [2.45, 2.75) is 13.2 Å². The van der Waals surface area contributed by atoms with Crippen molar-refractivity contribution < 1.29 is 15.5 Å². The van der Waals surface area contributed by atoms with Crippen LogP contribution in [0.1, 0.15) is 6.92 Å². The van der Waals surface area contributed by atoms with Gasteiger partial charge in [0, 0.05) is 0 Å². The molecule has 0 saturated heterocycles. The van der Waals surface area contributed by atoms with E-state index in [9.17, 15) is 0 Å². The lowest BCUT2D eigenvalue weighted by molar-refractivity contribution is -0.635. The molecule has 0 saturated carbocycles. The minimum absolute atomic E-state index is 0.295. The van der Waals surface area contributed by atoms with Gasteiger partial charge in [-0.3, -0.25) is 5.73 Å². The highest BCUT2D eigenvalue weighted by Crippen LogP contribution is 2.16. The molecule has 0 aromatic heterocycles. The molecule has 5 N–H and O–H groups in total. The summed E-state index contributed by atoms with van der Waals surface area (Å²) in [7, 11) is 0. The summed E-state index contributed by atoms with van der Waals surface area (Å²) >= 11 is 0. The monoisotopic (exact) mass is 169 g/mol. The van der Waals surface area contributed by atoms with Crippen molar-refractivity contribution in [1.82, 2.24) is 0 Å². The van der Waals surface area contributed by atoms with E-state index in [1.807, 2.05) is 0 Å². The molecule has 1 aromatic rings.